The minimum absolute atomic E-state index is 1.11. The Morgan fingerprint density at radius 1 is 1.00 bits per heavy atom. The second kappa shape index (κ2) is 1.78. The lowest BCUT2D eigenvalue weighted by Crippen LogP contribution is -2.27. The Balaban J connectivity index is 2.15. The van der Waals surface area contributed by atoms with Crippen LogP contribution in [0.5, 0.6) is 0 Å². The molecule has 0 unspecified atom stereocenters. The highest BCUT2D eigenvalue weighted by molar-refractivity contribution is 6.02. The Morgan fingerprint density at radius 3 is 2.67 bits per heavy atom. The van der Waals surface area contributed by atoms with Crippen LogP contribution in [-0.2, 0) is 0 Å². The number of nitrogens with zero attached hydrogens (tertiary/aromatic N) is 1. The summed E-state index contributed by atoms with van der Waals surface area (Å²) in [5.41, 5.74) is 9.03. The first-order chi connectivity index (χ1) is 7.43. The predicted molar refractivity (Wildman–Crippen MR) is 57.1 cm³/mol. The minimum atomic E-state index is 1.11. The summed E-state index contributed by atoms with van der Waals surface area (Å²) in [7, 11) is 0. The fraction of sp³-hybridized carbons (Fsp3) is 0.154. The molecule has 0 radical (unpaired) electrons. The summed E-state index contributed by atoms with van der Waals surface area (Å²) in [6.07, 6.45) is 8.63. The smallest absolute Gasteiger partial charge is 0.0932 e. The van der Waals surface area contributed by atoms with Crippen molar-refractivity contribution in [2.45, 2.75) is 12.8 Å². The van der Waals surface area contributed by atoms with Crippen molar-refractivity contribution in [3.05, 3.63) is 51.5 Å². The SMILES string of the molecule is C1=CC2=C3C(=C1C2)C1=c2nc[nH]c2=C3C1. The van der Waals surface area contributed by atoms with Crippen molar-refractivity contribution in [1.29, 1.82) is 0 Å². The molecular weight excluding hydrogens is 184 g/mol. The number of aromatic amines is 1. The molecule has 4 bridgehead atoms. The fourth-order valence-corrected chi connectivity index (χ4v) is 3.40. The Kier molecular flexibility index (Phi) is 0.787. The second-order valence-corrected chi connectivity index (χ2v) is 4.57. The molecule has 1 fully saturated rings. The van der Waals surface area contributed by atoms with E-state index in [1.807, 2.05) is 6.33 Å². The minimum Gasteiger partial charge on any atom is -0.344 e. The van der Waals surface area contributed by atoms with E-state index in [1.54, 1.807) is 0 Å². The molecule has 1 N–H and O–H groups in total. The molecule has 0 amide bonds. The largest absolute Gasteiger partial charge is 0.344 e. The van der Waals surface area contributed by atoms with Gasteiger partial charge < -0.3 is 4.98 Å². The van der Waals surface area contributed by atoms with Crippen molar-refractivity contribution >= 4 is 11.1 Å². The quantitative estimate of drug-likeness (QED) is 0.644. The van der Waals surface area contributed by atoms with Crippen LogP contribution in [0.25, 0.3) is 11.1 Å². The number of rotatable bonds is 0. The van der Waals surface area contributed by atoms with Gasteiger partial charge in [-0.05, 0) is 39.9 Å². The lowest BCUT2D eigenvalue weighted by molar-refractivity contribution is 1.25. The zero-order chi connectivity index (χ0) is 9.57. The zero-order valence-electron chi connectivity index (χ0n) is 8.09. The summed E-state index contributed by atoms with van der Waals surface area (Å²) in [4.78, 5) is 7.70. The van der Waals surface area contributed by atoms with Crippen LogP contribution < -0.4 is 10.7 Å². The van der Waals surface area contributed by atoms with E-state index in [9.17, 15) is 0 Å². The molecular formula is C13H8N2. The van der Waals surface area contributed by atoms with Gasteiger partial charge in [-0.1, -0.05) is 12.2 Å². The molecule has 0 aromatic carbocycles. The Bertz CT molecular complexity index is 690. The van der Waals surface area contributed by atoms with E-state index in [-0.39, 0.29) is 0 Å². The first-order valence-corrected chi connectivity index (χ1v) is 5.35. The summed E-state index contributed by atoms with van der Waals surface area (Å²) in [6, 6.07) is 0. The molecule has 70 valence electrons. The predicted octanol–water partition coefficient (Wildman–Crippen LogP) is 0.695. The number of fused-ring (bicyclic) bond motifs is 8. The monoisotopic (exact) mass is 192 g/mol. The maximum Gasteiger partial charge on any atom is 0.0932 e. The highest BCUT2D eigenvalue weighted by Crippen LogP contribution is 2.53. The average Bonchev–Trinajstić information content (AvgIpc) is 3.03. The van der Waals surface area contributed by atoms with Gasteiger partial charge in [-0.2, -0.15) is 0 Å². The third-order valence-electron chi connectivity index (χ3n) is 3.94. The van der Waals surface area contributed by atoms with Gasteiger partial charge in [-0.15, -0.1) is 0 Å². The van der Waals surface area contributed by atoms with E-state index < -0.39 is 0 Å². The van der Waals surface area contributed by atoms with Crippen LogP contribution in [0.4, 0.5) is 0 Å². The van der Waals surface area contributed by atoms with E-state index in [1.165, 1.54) is 44.1 Å². The topological polar surface area (TPSA) is 28.7 Å². The fourth-order valence-electron chi connectivity index (χ4n) is 3.40. The van der Waals surface area contributed by atoms with Crippen molar-refractivity contribution in [3.8, 4) is 0 Å². The lowest BCUT2D eigenvalue weighted by Gasteiger charge is -2.06. The van der Waals surface area contributed by atoms with Crippen molar-refractivity contribution in [2.75, 3.05) is 0 Å². The summed E-state index contributed by atoms with van der Waals surface area (Å²) in [6.45, 7) is 0. The van der Waals surface area contributed by atoms with Gasteiger partial charge >= 0.3 is 0 Å². The van der Waals surface area contributed by atoms with Gasteiger partial charge in [0.1, 0.15) is 0 Å². The third kappa shape index (κ3) is 0.521. The maximum absolute atomic E-state index is 4.43. The zero-order valence-corrected chi connectivity index (χ0v) is 8.09. The molecule has 1 heterocycles. The Hall–Kier alpha value is -1.83. The Labute approximate surface area is 86.0 Å². The Morgan fingerprint density at radius 2 is 1.80 bits per heavy atom. The number of aromatic nitrogens is 2. The molecule has 0 atom stereocenters. The summed E-state index contributed by atoms with van der Waals surface area (Å²) in [5, 5.41) is 2.48. The first kappa shape index (κ1) is 6.62. The van der Waals surface area contributed by atoms with Crippen LogP contribution in [0.3, 0.4) is 0 Å². The van der Waals surface area contributed by atoms with E-state index in [2.05, 4.69) is 22.1 Å². The van der Waals surface area contributed by atoms with E-state index in [4.69, 9.17) is 0 Å². The average molecular weight is 192 g/mol. The lowest BCUT2D eigenvalue weighted by atomic mass is 9.98. The number of imidazole rings is 1. The van der Waals surface area contributed by atoms with Gasteiger partial charge in [0.2, 0.25) is 0 Å². The van der Waals surface area contributed by atoms with Crippen molar-refractivity contribution < 1.29 is 0 Å². The molecule has 15 heavy (non-hydrogen) atoms. The van der Waals surface area contributed by atoms with Crippen molar-refractivity contribution in [2.24, 2.45) is 0 Å². The molecule has 2 heteroatoms. The molecule has 1 aromatic rings. The van der Waals surface area contributed by atoms with Gasteiger partial charge in [-0.25, -0.2) is 4.98 Å². The van der Waals surface area contributed by atoms with E-state index in [0.29, 0.717) is 0 Å². The molecule has 4 aliphatic rings. The molecule has 1 aromatic heterocycles. The molecule has 2 nitrogen and oxygen atoms in total. The maximum atomic E-state index is 4.43. The van der Waals surface area contributed by atoms with Crippen LogP contribution >= 0.6 is 0 Å². The van der Waals surface area contributed by atoms with Crippen LogP contribution in [0.15, 0.2) is 40.8 Å². The molecule has 4 aliphatic carbocycles. The van der Waals surface area contributed by atoms with Gasteiger partial charge in [0.05, 0.1) is 17.0 Å². The summed E-state index contributed by atoms with van der Waals surface area (Å²) >= 11 is 0. The molecule has 0 spiro atoms. The third-order valence-corrected chi connectivity index (χ3v) is 3.94. The number of allylic oxidation sites excluding steroid dienone is 6. The highest BCUT2D eigenvalue weighted by Gasteiger charge is 2.39. The normalized spacial score (nSPS) is 23.7. The van der Waals surface area contributed by atoms with Crippen LogP contribution in [0.1, 0.15) is 12.8 Å². The van der Waals surface area contributed by atoms with Gasteiger partial charge in [0.25, 0.3) is 0 Å². The van der Waals surface area contributed by atoms with Crippen LogP contribution in [-0.4, -0.2) is 9.97 Å². The number of hydrogen-bond acceptors (Lipinski definition) is 1. The summed E-state index contributed by atoms with van der Waals surface area (Å²) < 4.78 is 0. The summed E-state index contributed by atoms with van der Waals surface area (Å²) in [5.74, 6) is 0. The van der Waals surface area contributed by atoms with E-state index >= 15 is 0 Å². The van der Waals surface area contributed by atoms with Crippen molar-refractivity contribution in [3.63, 3.8) is 0 Å². The van der Waals surface area contributed by atoms with E-state index in [0.717, 1.165) is 12.8 Å². The molecule has 5 rings (SSSR count). The number of hydrogen-bond donors (Lipinski definition) is 1. The second-order valence-electron chi connectivity index (χ2n) is 4.57. The first-order valence-electron chi connectivity index (χ1n) is 5.35. The standard InChI is InChI=1S/C13H8N2/c1-2-7-3-6(1)10-8-4-9(11(7)10)13-12(8)14-5-15-13/h1-2,5H,3-4H2,(H,14,15). The van der Waals surface area contributed by atoms with Crippen LogP contribution in [0.2, 0.25) is 0 Å². The van der Waals surface area contributed by atoms with Gasteiger partial charge in [0, 0.05) is 6.42 Å². The number of H-pyrrole nitrogens is 1. The van der Waals surface area contributed by atoms with Gasteiger partial charge in [0.15, 0.2) is 0 Å². The van der Waals surface area contributed by atoms with Crippen molar-refractivity contribution in [1.82, 2.24) is 9.97 Å². The molecule has 0 aliphatic heterocycles. The number of nitrogens with one attached hydrogen (secondary N) is 1. The van der Waals surface area contributed by atoms with Crippen LogP contribution in [0, 0.1) is 0 Å². The molecule has 1 saturated carbocycles. The van der Waals surface area contributed by atoms with Gasteiger partial charge in [-0.3, -0.25) is 0 Å². The molecule has 0 saturated heterocycles. The highest BCUT2D eigenvalue weighted by atomic mass is 14.9.